The summed E-state index contributed by atoms with van der Waals surface area (Å²) in [5.74, 6) is -3.24. The van der Waals surface area contributed by atoms with Crippen molar-refractivity contribution in [1.82, 2.24) is 10.3 Å². The van der Waals surface area contributed by atoms with Gasteiger partial charge in [0.1, 0.15) is 11.6 Å². The smallest absolute Gasteiger partial charge is 0.266 e. The molecule has 8 heteroatoms. The van der Waals surface area contributed by atoms with Crippen LogP contribution in [0.3, 0.4) is 0 Å². The molecule has 5 nitrogen and oxygen atoms in total. The van der Waals surface area contributed by atoms with E-state index >= 15 is 0 Å². The summed E-state index contributed by atoms with van der Waals surface area (Å²) in [6, 6.07) is 9.12. The van der Waals surface area contributed by atoms with E-state index in [1.165, 1.54) is 6.07 Å². The average Bonchev–Trinajstić information content (AvgIpc) is 2.45. The molecule has 2 rings (SSSR count). The van der Waals surface area contributed by atoms with E-state index in [4.69, 9.17) is 0 Å². The second-order valence-electron chi connectivity index (χ2n) is 4.43. The predicted molar refractivity (Wildman–Crippen MR) is 75.3 cm³/mol. The van der Waals surface area contributed by atoms with Gasteiger partial charge in [0.25, 0.3) is 15.9 Å². The first-order valence-corrected chi connectivity index (χ1v) is 7.63. The Bertz CT molecular complexity index is 802. The molecule has 2 aromatic carbocycles. The molecule has 0 saturated heterocycles. The van der Waals surface area contributed by atoms with Gasteiger partial charge in [-0.3, -0.25) is 10.2 Å². The molecule has 22 heavy (non-hydrogen) atoms. The van der Waals surface area contributed by atoms with E-state index in [0.717, 1.165) is 18.2 Å². The van der Waals surface area contributed by atoms with Crippen LogP contribution in [-0.2, 0) is 10.0 Å². The molecule has 0 radical (unpaired) electrons. The third-order valence-corrected chi connectivity index (χ3v) is 4.17. The van der Waals surface area contributed by atoms with E-state index in [2.05, 4.69) is 0 Å². The van der Waals surface area contributed by atoms with E-state index < -0.39 is 32.5 Å². The normalized spacial score (nSPS) is 11.2. The Balaban J connectivity index is 2.21. The molecule has 116 valence electrons. The number of benzene rings is 2. The van der Waals surface area contributed by atoms with E-state index in [1.807, 2.05) is 5.43 Å². The van der Waals surface area contributed by atoms with Crippen LogP contribution in [0.5, 0.6) is 0 Å². The fraction of sp³-hybridized carbons (Fsp3) is 0.0714. The molecule has 0 aromatic heterocycles. The topological polar surface area (TPSA) is 75.3 Å². The molecule has 1 amide bonds. The molecule has 0 heterocycles. The summed E-state index contributed by atoms with van der Waals surface area (Å²) in [7, 11) is -4.57. The van der Waals surface area contributed by atoms with Crippen molar-refractivity contribution in [2.45, 2.75) is 11.8 Å². The van der Waals surface area contributed by atoms with E-state index in [1.54, 1.807) is 30.0 Å². The van der Waals surface area contributed by atoms with Gasteiger partial charge in [-0.2, -0.15) is 0 Å². The van der Waals surface area contributed by atoms with Crippen LogP contribution in [0.1, 0.15) is 15.9 Å². The summed E-state index contributed by atoms with van der Waals surface area (Å²) in [5, 5.41) is 0. The molecule has 0 aliphatic rings. The molecule has 0 bridgehead atoms. The Labute approximate surface area is 126 Å². The fourth-order valence-corrected chi connectivity index (χ4v) is 2.78. The van der Waals surface area contributed by atoms with Gasteiger partial charge >= 0.3 is 0 Å². The van der Waals surface area contributed by atoms with Crippen molar-refractivity contribution in [3.63, 3.8) is 0 Å². The van der Waals surface area contributed by atoms with Gasteiger partial charge in [0.15, 0.2) is 4.90 Å². The van der Waals surface area contributed by atoms with E-state index in [0.29, 0.717) is 5.56 Å². The van der Waals surface area contributed by atoms with Gasteiger partial charge in [-0.05, 0) is 30.7 Å². The zero-order chi connectivity index (χ0) is 16.3. The number of hydrazine groups is 1. The quantitative estimate of drug-likeness (QED) is 0.843. The lowest BCUT2D eigenvalue weighted by atomic mass is 10.1. The number of nitrogens with one attached hydrogen (secondary N) is 2. The Hall–Kier alpha value is -2.32. The lowest BCUT2D eigenvalue weighted by Gasteiger charge is -2.10. The molecule has 0 atom stereocenters. The summed E-state index contributed by atoms with van der Waals surface area (Å²) < 4.78 is 50.7. The van der Waals surface area contributed by atoms with Crippen molar-refractivity contribution in [2.24, 2.45) is 0 Å². The maximum atomic E-state index is 13.5. The standard InChI is InChI=1S/C14H12F2N2O3S/c1-9-5-2-3-6-10(9)14(19)17-18-22(20,21)13-11(15)7-4-8-12(13)16/h2-8,18H,1H3,(H,17,19). The van der Waals surface area contributed by atoms with E-state index in [-0.39, 0.29) is 5.56 Å². The summed E-state index contributed by atoms with van der Waals surface area (Å²) in [5.41, 5.74) is 2.78. The maximum absolute atomic E-state index is 13.5. The number of sulfonamides is 1. The molecule has 0 aliphatic heterocycles. The molecule has 2 aromatic rings. The number of halogens is 2. The second kappa shape index (κ2) is 6.20. The highest BCUT2D eigenvalue weighted by Gasteiger charge is 2.24. The number of hydrogen-bond acceptors (Lipinski definition) is 3. The molecular formula is C14H12F2N2O3S. The predicted octanol–water partition coefficient (Wildman–Crippen LogP) is 1.90. The number of rotatable bonds is 4. The van der Waals surface area contributed by atoms with Gasteiger partial charge in [-0.25, -0.2) is 17.2 Å². The number of aryl methyl sites for hydroxylation is 1. The molecule has 2 N–H and O–H groups in total. The molecule has 0 unspecified atom stereocenters. The highest BCUT2D eigenvalue weighted by molar-refractivity contribution is 7.89. The van der Waals surface area contributed by atoms with Crippen molar-refractivity contribution >= 4 is 15.9 Å². The number of carbonyl (C=O) groups excluding carboxylic acids is 1. The summed E-state index contributed by atoms with van der Waals surface area (Å²) in [6.45, 7) is 1.67. The van der Waals surface area contributed by atoms with Crippen LogP contribution in [-0.4, -0.2) is 14.3 Å². The van der Waals surface area contributed by atoms with Crippen LogP contribution in [0.15, 0.2) is 47.4 Å². The highest BCUT2D eigenvalue weighted by Crippen LogP contribution is 2.17. The van der Waals surface area contributed by atoms with Gasteiger partial charge in [-0.1, -0.05) is 24.3 Å². The summed E-state index contributed by atoms with van der Waals surface area (Å²) in [4.78, 5) is 12.4. The largest absolute Gasteiger partial charge is 0.273 e. The third kappa shape index (κ3) is 3.29. The average molecular weight is 326 g/mol. The summed E-state index contributed by atoms with van der Waals surface area (Å²) in [6.07, 6.45) is 0. The van der Waals surface area contributed by atoms with Gasteiger partial charge in [0.2, 0.25) is 0 Å². The first-order valence-electron chi connectivity index (χ1n) is 6.15. The monoisotopic (exact) mass is 326 g/mol. The van der Waals surface area contributed by atoms with Gasteiger partial charge in [0, 0.05) is 5.56 Å². The second-order valence-corrected chi connectivity index (χ2v) is 6.04. The van der Waals surface area contributed by atoms with Crippen LogP contribution >= 0.6 is 0 Å². The highest BCUT2D eigenvalue weighted by atomic mass is 32.2. The fourth-order valence-electron chi connectivity index (χ4n) is 1.80. The molecular weight excluding hydrogens is 314 g/mol. The van der Waals surface area contributed by atoms with Crippen LogP contribution in [0.2, 0.25) is 0 Å². The van der Waals surface area contributed by atoms with Gasteiger partial charge < -0.3 is 0 Å². The van der Waals surface area contributed by atoms with Crippen molar-refractivity contribution < 1.29 is 22.0 Å². The Morgan fingerprint density at radius 2 is 1.59 bits per heavy atom. The minimum atomic E-state index is -4.57. The zero-order valence-corrected chi connectivity index (χ0v) is 12.2. The van der Waals surface area contributed by atoms with Crippen molar-refractivity contribution in [3.05, 3.63) is 65.2 Å². The lowest BCUT2D eigenvalue weighted by Crippen LogP contribution is -2.42. The molecule has 0 spiro atoms. The van der Waals surface area contributed by atoms with Crippen LogP contribution in [0, 0.1) is 18.6 Å². The Morgan fingerprint density at radius 1 is 1.00 bits per heavy atom. The van der Waals surface area contributed by atoms with Crippen LogP contribution in [0.25, 0.3) is 0 Å². The molecule has 0 aliphatic carbocycles. The van der Waals surface area contributed by atoms with Crippen molar-refractivity contribution in [1.29, 1.82) is 0 Å². The molecule has 0 fully saturated rings. The first kappa shape index (κ1) is 16.1. The SMILES string of the molecule is Cc1ccccc1C(=O)NNS(=O)(=O)c1c(F)cccc1F. The number of amides is 1. The third-order valence-electron chi connectivity index (χ3n) is 2.88. The first-order chi connectivity index (χ1) is 10.3. The molecule has 0 saturated carbocycles. The van der Waals surface area contributed by atoms with E-state index in [9.17, 15) is 22.0 Å². The summed E-state index contributed by atoms with van der Waals surface area (Å²) >= 11 is 0. The minimum absolute atomic E-state index is 0.235. The van der Waals surface area contributed by atoms with Gasteiger partial charge in [0.05, 0.1) is 0 Å². The van der Waals surface area contributed by atoms with Crippen LogP contribution < -0.4 is 10.3 Å². The Morgan fingerprint density at radius 3 is 2.18 bits per heavy atom. The minimum Gasteiger partial charge on any atom is -0.273 e. The number of carbonyl (C=O) groups is 1. The maximum Gasteiger partial charge on any atom is 0.266 e. The van der Waals surface area contributed by atoms with Crippen molar-refractivity contribution in [2.75, 3.05) is 0 Å². The lowest BCUT2D eigenvalue weighted by molar-refractivity contribution is 0.0944. The van der Waals surface area contributed by atoms with Crippen LogP contribution in [0.4, 0.5) is 8.78 Å². The Kier molecular flexibility index (Phi) is 4.53. The van der Waals surface area contributed by atoms with Gasteiger partial charge in [-0.15, -0.1) is 4.83 Å². The van der Waals surface area contributed by atoms with Crippen molar-refractivity contribution in [3.8, 4) is 0 Å². The number of hydrogen-bond donors (Lipinski definition) is 2. The zero-order valence-electron chi connectivity index (χ0n) is 11.4.